The van der Waals surface area contributed by atoms with Crippen LogP contribution in [0.15, 0.2) is 70.8 Å². The van der Waals surface area contributed by atoms with Gasteiger partial charge in [0.2, 0.25) is 11.8 Å². The van der Waals surface area contributed by atoms with Crippen LogP contribution in [0.3, 0.4) is 0 Å². The van der Waals surface area contributed by atoms with Gasteiger partial charge in [0, 0.05) is 43.6 Å². The van der Waals surface area contributed by atoms with Gasteiger partial charge in [0.25, 0.3) is 0 Å². The molecule has 3 aromatic carbocycles. The van der Waals surface area contributed by atoms with Crippen LogP contribution in [0, 0.1) is 29.1 Å². The highest BCUT2D eigenvalue weighted by Crippen LogP contribution is 2.53. The van der Waals surface area contributed by atoms with E-state index in [-0.39, 0.29) is 35.7 Å². The quantitative estimate of drug-likeness (QED) is 0.196. The molecular weight excluding hydrogens is 841 g/mol. The van der Waals surface area contributed by atoms with Crippen LogP contribution >= 0.6 is 0 Å². The fourth-order valence-electron chi connectivity index (χ4n) is 12.2. The summed E-state index contributed by atoms with van der Waals surface area (Å²) in [5.41, 5.74) is 14.8. The number of benzene rings is 3. The van der Waals surface area contributed by atoms with Gasteiger partial charge < -0.3 is 29.9 Å². The summed E-state index contributed by atoms with van der Waals surface area (Å²) >= 11 is 0. The van der Waals surface area contributed by atoms with Crippen LogP contribution in [0.25, 0.3) is 27.8 Å². The van der Waals surface area contributed by atoms with Crippen molar-refractivity contribution in [3.63, 3.8) is 0 Å². The Morgan fingerprint density at radius 3 is 1.72 bits per heavy atom. The molecule has 0 bridgehead atoms. The number of methoxy groups -OCH3 is 2. The van der Waals surface area contributed by atoms with Crippen molar-refractivity contribution in [2.75, 3.05) is 27.3 Å². The molecule has 2 N–H and O–H groups in total. The summed E-state index contributed by atoms with van der Waals surface area (Å²) in [4.78, 5) is 66.2. The fraction of sp³-hybridized carbons (Fsp3) is 0.527. The molecule has 3 fully saturated rings. The highest BCUT2D eigenvalue weighted by Gasteiger charge is 2.44. The van der Waals surface area contributed by atoms with Crippen molar-refractivity contribution >= 4 is 46.7 Å². The van der Waals surface area contributed by atoms with E-state index in [1.54, 1.807) is 0 Å². The van der Waals surface area contributed by atoms with Crippen LogP contribution in [0.5, 0.6) is 0 Å². The zero-order chi connectivity index (χ0) is 47.3. The molecule has 2 saturated heterocycles. The summed E-state index contributed by atoms with van der Waals surface area (Å²) in [6.45, 7) is 13.4. The lowest BCUT2D eigenvalue weighted by Gasteiger charge is -2.31. The van der Waals surface area contributed by atoms with Gasteiger partial charge in [-0.25, -0.2) is 9.59 Å². The van der Waals surface area contributed by atoms with E-state index in [1.165, 1.54) is 78.8 Å². The van der Waals surface area contributed by atoms with Crippen LogP contribution in [0.1, 0.15) is 109 Å². The lowest BCUT2D eigenvalue weighted by molar-refractivity contribution is -0.135. The number of carbonyl (C=O) groups is 4. The highest BCUT2D eigenvalue weighted by atomic mass is 16.5. The summed E-state index contributed by atoms with van der Waals surface area (Å²) in [6, 6.07) is 18.8. The first-order valence-corrected chi connectivity index (χ1v) is 24.7. The number of ether oxygens (including phenoxy) is 2. The van der Waals surface area contributed by atoms with Crippen molar-refractivity contribution in [2.24, 2.45) is 39.1 Å². The maximum Gasteiger partial charge on any atom is 0.407 e. The van der Waals surface area contributed by atoms with Crippen LogP contribution in [0.2, 0.25) is 0 Å². The topological polar surface area (TPSA) is 142 Å². The van der Waals surface area contributed by atoms with Crippen molar-refractivity contribution in [2.45, 2.75) is 130 Å². The second-order valence-corrected chi connectivity index (χ2v) is 21.2. The number of carbonyl (C=O) groups excluding carboxylic acids is 4. The molecule has 6 aliphatic rings. The monoisotopic (exact) mass is 909 g/mol. The van der Waals surface area contributed by atoms with E-state index in [4.69, 9.17) is 19.5 Å². The summed E-state index contributed by atoms with van der Waals surface area (Å²) in [6.07, 6.45) is 11.1. The van der Waals surface area contributed by atoms with Gasteiger partial charge in [-0.15, -0.1) is 0 Å². The molecule has 6 atom stereocenters. The van der Waals surface area contributed by atoms with Gasteiger partial charge in [-0.2, -0.15) is 0 Å². The molecule has 67 heavy (non-hydrogen) atoms. The first-order valence-electron chi connectivity index (χ1n) is 24.7. The number of nitrogens with zero attached hydrogens (tertiary/aromatic N) is 4. The molecule has 4 amide bonds. The maximum absolute atomic E-state index is 14.0. The van der Waals surface area contributed by atoms with E-state index < -0.39 is 24.3 Å². The number of amides is 4. The Bertz CT molecular complexity index is 2540. The zero-order valence-electron chi connectivity index (χ0n) is 40.6. The molecule has 354 valence electrons. The number of likely N-dealkylation sites (tertiary alicyclic amines) is 2. The highest BCUT2D eigenvalue weighted by molar-refractivity contribution is 6.04. The van der Waals surface area contributed by atoms with E-state index in [1.807, 2.05) is 43.7 Å². The lowest BCUT2D eigenvalue weighted by Crippen LogP contribution is -2.53. The fourth-order valence-corrected chi connectivity index (χ4v) is 12.2. The predicted octanol–water partition coefficient (Wildman–Crippen LogP) is 9.73. The zero-order valence-corrected chi connectivity index (χ0v) is 40.6. The third-order valence-electron chi connectivity index (χ3n) is 15.7. The molecule has 0 aromatic heterocycles. The molecule has 4 heterocycles. The van der Waals surface area contributed by atoms with E-state index >= 15 is 0 Å². The Labute approximate surface area is 396 Å². The number of alkyl carbamates (subject to hydrolysis) is 2. The number of hydrogen-bond donors (Lipinski definition) is 2. The van der Waals surface area contributed by atoms with Gasteiger partial charge >= 0.3 is 12.2 Å². The average Bonchev–Trinajstić information content (AvgIpc) is 4.19. The Morgan fingerprint density at radius 2 is 1.18 bits per heavy atom. The molecule has 9 rings (SSSR count). The number of fused-ring (bicyclic) bond motifs is 2. The van der Waals surface area contributed by atoms with Crippen molar-refractivity contribution in [3.8, 4) is 22.3 Å². The van der Waals surface area contributed by atoms with Gasteiger partial charge in [0.05, 0.1) is 32.0 Å². The minimum absolute atomic E-state index is 0.0810. The molecule has 2 aliphatic carbocycles. The van der Waals surface area contributed by atoms with Gasteiger partial charge in [-0.05, 0) is 130 Å². The first-order chi connectivity index (χ1) is 32.1. The second-order valence-electron chi connectivity index (χ2n) is 21.2. The largest absolute Gasteiger partial charge is 0.453 e. The Kier molecular flexibility index (Phi) is 12.9. The number of nitrogens with one attached hydrogen (secondary N) is 2. The van der Waals surface area contributed by atoms with Crippen LogP contribution < -0.4 is 10.6 Å². The molecule has 1 saturated carbocycles. The van der Waals surface area contributed by atoms with E-state index in [0.717, 1.165) is 53.9 Å². The Morgan fingerprint density at radius 1 is 0.672 bits per heavy atom. The molecule has 12 nitrogen and oxygen atoms in total. The van der Waals surface area contributed by atoms with Crippen molar-refractivity contribution in [1.29, 1.82) is 0 Å². The molecule has 0 radical (unpaired) electrons. The standard InChI is InChI=1S/C55H68N6O6/c1-31(2)49(58-53(64)66-7)51(62)60-29-33(5)21-47(60)45-25-39(28-56-45)35-11-13-36(14-12-35)40-16-17-41(43-27-55(26-42(40)43)19-9-10-20-55)37-15-18-44-38(23-37)24-46(57-44)48-22-34(6)30-61(48)52(63)50(32(3)4)59-54(65)67-8/h11-18,23,28,31-34,47-50H,9-10,19-22,24-27,29-30H2,1-8H3,(H,58,64)(H,59,65)/t33-,34-,47-,48-,49-,50-/m0/s1. The molecule has 4 aliphatic heterocycles. The Hall–Kier alpha value is -5.78. The van der Waals surface area contributed by atoms with Crippen LogP contribution in [-0.4, -0.2) is 96.7 Å². The predicted molar refractivity (Wildman–Crippen MR) is 263 cm³/mol. The summed E-state index contributed by atoms with van der Waals surface area (Å²) < 4.78 is 9.70. The normalized spacial score (nSPS) is 23.5. The molecule has 0 unspecified atom stereocenters. The Balaban J connectivity index is 0.923. The molecule has 3 aromatic rings. The SMILES string of the molecule is COC(=O)N[C@H](C(=O)N1C[C@@H](C)C[C@H]1C1=NC=C(c2ccc(-c3ccc(-c4ccc5c(c4)CC([C@@H]4C[C@H](C)CN4C(=O)[C@@H](NC(=O)OC)C(C)C)=N5)c4c3CC3(CCCC3)C4)cc2)C1)C(C)C. The van der Waals surface area contributed by atoms with Gasteiger partial charge in [0.1, 0.15) is 12.1 Å². The summed E-state index contributed by atoms with van der Waals surface area (Å²) in [5.74, 6) is 0.295. The van der Waals surface area contributed by atoms with E-state index in [0.29, 0.717) is 43.2 Å². The van der Waals surface area contributed by atoms with Crippen molar-refractivity contribution in [3.05, 3.63) is 83.1 Å². The van der Waals surface area contributed by atoms with Gasteiger partial charge in [-0.1, -0.05) is 96.8 Å². The van der Waals surface area contributed by atoms with Crippen LogP contribution in [0.4, 0.5) is 15.3 Å². The smallest absolute Gasteiger partial charge is 0.407 e. The minimum Gasteiger partial charge on any atom is -0.453 e. The summed E-state index contributed by atoms with van der Waals surface area (Å²) in [7, 11) is 2.64. The molecular formula is C55H68N6O6. The summed E-state index contributed by atoms with van der Waals surface area (Å²) in [5, 5.41) is 5.55. The third kappa shape index (κ3) is 9.05. The molecule has 12 heteroatoms. The molecule has 1 spiro atoms. The number of hydrogen-bond acceptors (Lipinski definition) is 8. The lowest BCUT2D eigenvalue weighted by atomic mass is 9.82. The van der Waals surface area contributed by atoms with Crippen LogP contribution in [-0.2, 0) is 38.3 Å². The second kappa shape index (κ2) is 18.7. The van der Waals surface area contributed by atoms with E-state index in [2.05, 4.69) is 79.1 Å². The number of allylic oxidation sites excluding steroid dienone is 1. The van der Waals surface area contributed by atoms with Gasteiger partial charge in [0.15, 0.2) is 0 Å². The first kappa shape index (κ1) is 46.3. The minimum atomic E-state index is -0.671. The maximum atomic E-state index is 14.0. The van der Waals surface area contributed by atoms with Gasteiger partial charge in [-0.3, -0.25) is 19.6 Å². The number of aliphatic imine (C=N–C) groups is 2. The third-order valence-corrected chi connectivity index (χ3v) is 15.7. The number of rotatable bonds is 11. The van der Waals surface area contributed by atoms with E-state index in [9.17, 15) is 19.2 Å². The van der Waals surface area contributed by atoms with Crippen molar-refractivity contribution in [1.82, 2.24) is 20.4 Å². The van der Waals surface area contributed by atoms with Crippen molar-refractivity contribution < 1.29 is 28.7 Å². The average molecular weight is 909 g/mol.